The molecule has 0 saturated heterocycles. The lowest BCUT2D eigenvalue weighted by Gasteiger charge is -2.13. The van der Waals surface area contributed by atoms with E-state index in [2.05, 4.69) is 10.3 Å². The maximum Gasteiger partial charge on any atom is 0.252 e. The fourth-order valence-corrected chi connectivity index (χ4v) is 4.42. The number of aromatic nitrogens is 1. The van der Waals surface area contributed by atoms with Gasteiger partial charge in [0.1, 0.15) is 11.3 Å². The molecule has 4 rings (SSSR count). The van der Waals surface area contributed by atoms with Crippen LogP contribution in [-0.2, 0) is 5.75 Å². The lowest BCUT2D eigenvalue weighted by atomic mass is 10.1. The van der Waals surface area contributed by atoms with E-state index in [-0.39, 0.29) is 11.9 Å². The van der Waals surface area contributed by atoms with Crippen molar-refractivity contribution in [2.24, 2.45) is 0 Å². The van der Waals surface area contributed by atoms with Crippen LogP contribution in [0.25, 0.3) is 11.0 Å². The molecule has 27 heavy (non-hydrogen) atoms. The molecule has 0 aliphatic heterocycles. The van der Waals surface area contributed by atoms with Crippen molar-refractivity contribution in [1.82, 2.24) is 10.3 Å². The predicted octanol–water partition coefficient (Wildman–Crippen LogP) is 5.67. The summed E-state index contributed by atoms with van der Waals surface area (Å²) in [5.74, 6) is 1.38. The van der Waals surface area contributed by atoms with Gasteiger partial charge in [-0.15, -0.1) is 23.1 Å². The molecule has 0 radical (unpaired) electrons. The van der Waals surface area contributed by atoms with Gasteiger partial charge in [-0.3, -0.25) is 4.79 Å². The molecule has 1 atom stereocenters. The summed E-state index contributed by atoms with van der Waals surface area (Å²) in [6, 6.07) is 17.2. The average molecular weight is 395 g/mol. The Hall–Kier alpha value is -2.57. The number of fused-ring (bicyclic) bond motifs is 1. The molecular weight excluding hydrogens is 376 g/mol. The molecule has 2 aromatic carbocycles. The number of hydrogen-bond acceptors (Lipinski definition) is 5. The highest BCUT2D eigenvalue weighted by Crippen LogP contribution is 2.28. The fraction of sp³-hybridized carbons (Fsp3) is 0.143. The van der Waals surface area contributed by atoms with Crippen molar-refractivity contribution >= 4 is 40.0 Å². The molecule has 2 aromatic heterocycles. The van der Waals surface area contributed by atoms with Crippen LogP contribution in [-0.4, -0.2) is 10.9 Å². The average Bonchev–Trinajstić information content (AvgIpc) is 3.36. The summed E-state index contributed by atoms with van der Waals surface area (Å²) >= 11 is 3.20. The monoisotopic (exact) mass is 394 g/mol. The van der Waals surface area contributed by atoms with E-state index in [1.165, 1.54) is 0 Å². The van der Waals surface area contributed by atoms with Crippen molar-refractivity contribution in [1.29, 1.82) is 0 Å². The zero-order valence-electron chi connectivity index (χ0n) is 14.7. The number of nitrogens with one attached hydrogen (secondary N) is 1. The summed E-state index contributed by atoms with van der Waals surface area (Å²) in [4.78, 5) is 18.1. The molecule has 0 fully saturated rings. The molecule has 1 N–H and O–H groups in total. The third-order valence-corrected chi connectivity index (χ3v) is 5.95. The number of nitrogens with zero attached hydrogens (tertiary/aromatic N) is 1. The second-order valence-corrected chi connectivity index (χ2v) is 7.88. The topological polar surface area (TPSA) is 55.1 Å². The molecule has 1 amide bonds. The highest BCUT2D eigenvalue weighted by Gasteiger charge is 2.17. The van der Waals surface area contributed by atoms with Crippen LogP contribution in [0, 0.1) is 0 Å². The van der Waals surface area contributed by atoms with Crippen molar-refractivity contribution in [3.05, 3.63) is 82.5 Å². The van der Waals surface area contributed by atoms with Crippen LogP contribution in [0.2, 0.25) is 0 Å². The van der Waals surface area contributed by atoms with Crippen LogP contribution in [0.3, 0.4) is 0 Å². The third-order valence-electron chi connectivity index (χ3n) is 4.21. The summed E-state index contributed by atoms with van der Waals surface area (Å²) < 4.78 is 5.87. The van der Waals surface area contributed by atoms with Gasteiger partial charge >= 0.3 is 0 Å². The first kappa shape index (κ1) is 17.8. The van der Waals surface area contributed by atoms with Gasteiger partial charge in [0.05, 0.1) is 22.8 Å². The molecule has 4 aromatic rings. The Morgan fingerprint density at radius 1 is 1.22 bits per heavy atom. The molecule has 136 valence electrons. The van der Waals surface area contributed by atoms with Crippen molar-refractivity contribution < 1.29 is 9.21 Å². The number of thiazole rings is 1. The number of hydrogen-bond donors (Lipinski definition) is 1. The lowest BCUT2D eigenvalue weighted by molar-refractivity contribution is 0.0932. The number of carbonyl (C=O) groups is 1. The Bertz CT molecular complexity index is 1020. The van der Waals surface area contributed by atoms with Crippen molar-refractivity contribution in [3.8, 4) is 0 Å². The maximum absolute atomic E-state index is 12.8. The van der Waals surface area contributed by atoms with Crippen LogP contribution in [0.5, 0.6) is 0 Å². The number of amides is 1. The first-order valence-corrected chi connectivity index (χ1v) is 10.5. The number of rotatable bonds is 6. The molecule has 4 nitrogen and oxygen atoms in total. The Labute approximate surface area is 165 Å². The van der Waals surface area contributed by atoms with E-state index in [9.17, 15) is 4.79 Å². The molecule has 0 aliphatic rings. The molecule has 0 saturated carbocycles. The van der Waals surface area contributed by atoms with Gasteiger partial charge in [-0.05, 0) is 31.2 Å². The van der Waals surface area contributed by atoms with Crippen molar-refractivity contribution in [2.75, 3.05) is 0 Å². The van der Waals surface area contributed by atoms with Crippen LogP contribution in [0.15, 0.2) is 74.8 Å². The Balaban J connectivity index is 1.49. The molecular formula is C21H18N2O2S2. The number of carbonyl (C=O) groups excluding carboxylic acids is 1. The largest absolute Gasteiger partial charge is 0.459 e. The fourth-order valence-electron chi connectivity index (χ4n) is 2.80. The van der Waals surface area contributed by atoms with Gasteiger partial charge in [0.25, 0.3) is 5.91 Å². The number of thioether (sulfide) groups is 1. The third kappa shape index (κ3) is 4.07. The predicted molar refractivity (Wildman–Crippen MR) is 110 cm³/mol. The van der Waals surface area contributed by atoms with Crippen LogP contribution >= 0.6 is 23.1 Å². The van der Waals surface area contributed by atoms with E-state index in [1.807, 2.05) is 72.4 Å². The minimum absolute atomic E-state index is 0.107. The van der Waals surface area contributed by atoms with E-state index >= 15 is 0 Å². The van der Waals surface area contributed by atoms with Crippen molar-refractivity contribution in [2.45, 2.75) is 23.6 Å². The van der Waals surface area contributed by atoms with Gasteiger partial charge in [0.2, 0.25) is 0 Å². The Morgan fingerprint density at radius 3 is 2.85 bits per heavy atom. The quantitative estimate of drug-likeness (QED) is 0.428. The maximum atomic E-state index is 12.8. The summed E-state index contributed by atoms with van der Waals surface area (Å²) in [6.07, 6.45) is 0. The molecule has 6 heteroatoms. The van der Waals surface area contributed by atoms with E-state index in [0.29, 0.717) is 5.56 Å². The first-order valence-electron chi connectivity index (χ1n) is 8.59. The van der Waals surface area contributed by atoms with Gasteiger partial charge in [-0.25, -0.2) is 4.98 Å². The minimum atomic E-state index is -0.221. The molecule has 0 aliphatic carbocycles. The standard InChI is InChI=1S/C21H18N2O2S2/c1-14(19-10-15-6-2-4-8-18(15)25-19)23-21(24)17-7-3-5-9-20(17)27-12-16-11-26-13-22-16/h2-11,13-14H,12H2,1H3,(H,23,24). The first-order chi connectivity index (χ1) is 13.2. The molecule has 0 bridgehead atoms. The zero-order chi connectivity index (χ0) is 18.6. The second kappa shape index (κ2) is 7.98. The Kier molecular flexibility index (Phi) is 5.27. The molecule has 1 unspecified atom stereocenters. The van der Waals surface area contributed by atoms with E-state index < -0.39 is 0 Å². The SMILES string of the molecule is CC(NC(=O)c1ccccc1SCc1cscn1)c1cc2ccccc2o1. The minimum Gasteiger partial charge on any atom is -0.459 e. The van der Waals surface area contributed by atoms with Gasteiger partial charge < -0.3 is 9.73 Å². The summed E-state index contributed by atoms with van der Waals surface area (Å²) in [5, 5.41) is 6.11. The number of furan rings is 1. The van der Waals surface area contributed by atoms with Gasteiger partial charge in [-0.2, -0.15) is 0 Å². The van der Waals surface area contributed by atoms with Crippen LogP contribution < -0.4 is 5.32 Å². The number of benzene rings is 2. The van der Waals surface area contributed by atoms with E-state index in [4.69, 9.17) is 4.42 Å². The van der Waals surface area contributed by atoms with Crippen LogP contribution in [0.4, 0.5) is 0 Å². The van der Waals surface area contributed by atoms with Gasteiger partial charge in [0, 0.05) is 21.4 Å². The highest BCUT2D eigenvalue weighted by atomic mass is 32.2. The Morgan fingerprint density at radius 2 is 2.04 bits per heavy atom. The van der Waals surface area contributed by atoms with Crippen molar-refractivity contribution in [3.63, 3.8) is 0 Å². The summed E-state index contributed by atoms with van der Waals surface area (Å²) in [6.45, 7) is 1.93. The van der Waals surface area contributed by atoms with Crippen LogP contribution in [0.1, 0.15) is 34.8 Å². The smallest absolute Gasteiger partial charge is 0.252 e. The zero-order valence-corrected chi connectivity index (χ0v) is 16.3. The second-order valence-electron chi connectivity index (χ2n) is 6.15. The van der Waals surface area contributed by atoms with Gasteiger partial charge in [0.15, 0.2) is 0 Å². The molecule has 2 heterocycles. The van der Waals surface area contributed by atoms with E-state index in [1.54, 1.807) is 23.1 Å². The summed E-state index contributed by atoms with van der Waals surface area (Å²) in [7, 11) is 0. The van der Waals surface area contributed by atoms with Gasteiger partial charge in [-0.1, -0.05) is 30.3 Å². The van der Waals surface area contributed by atoms with E-state index in [0.717, 1.165) is 33.1 Å². The number of para-hydroxylation sites is 1. The lowest BCUT2D eigenvalue weighted by Crippen LogP contribution is -2.26. The highest BCUT2D eigenvalue weighted by molar-refractivity contribution is 7.98. The normalized spacial score (nSPS) is 12.2. The molecule has 0 spiro atoms. The summed E-state index contributed by atoms with van der Waals surface area (Å²) in [5.41, 5.74) is 4.34.